The molecule has 1 unspecified atom stereocenters. The Hall–Kier alpha value is -0.140. The van der Waals surface area contributed by atoms with Gasteiger partial charge in [-0.05, 0) is 76.0 Å². The van der Waals surface area contributed by atoms with Crippen LogP contribution in [0.2, 0.25) is 0 Å². The summed E-state index contributed by atoms with van der Waals surface area (Å²) in [7, 11) is 0. The number of esters is 1. The Morgan fingerprint density at radius 2 is 2.33 bits per heavy atom. The summed E-state index contributed by atoms with van der Waals surface area (Å²) >= 11 is 5.54. The Kier molecular flexibility index (Phi) is 5.44. The summed E-state index contributed by atoms with van der Waals surface area (Å²) < 4.78 is 12.6. The molecular weight excluding hydrogens is 411 g/mol. The van der Waals surface area contributed by atoms with E-state index in [1.54, 1.807) is 0 Å². The van der Waals surface area contributed by atoms with E-state index in [0.717, 1.165) is 33.9 Å². The average Bonchev–Trinajstić information content (AvgIpc) is 2.40. The monoisotopic (exact) mass is 424 g/mol. The molecule has 1 heterocycles. The van der Waals surface area contributed by atoms with Gasteiger partial charge in [-0.1, -0.05) is 0 Å². The maximum absolute atomic E-state index is 11.9. The molecule has 1 aliphatic heterocycles. The number of hydrogen-bond donors (Lipinski definition) is 0. The highest BCUT2D eigenvalue weighted by molar-refractivity contribution is 14.1. The third kappa shape index (κ3) is 3.93. The molecule has 1 aliphatic rings. The molecule has 5 heteroatoms. The van der Waals surface area contributed by atoms with Crippen molar-refractivity contribution in [3.8, 4) is 0 Å². The molecule has 2 rings (SSSR count). The minimum Gasteiger partial charge on any atom is -0.459 e. The second-order valence-electron chi connectivity index (χ2n) is 4.21. The van der Waals surface area contributed by atoms with Crippen LogP contribution in [0.1, 0.15) is 29.6 Å². The summed E-state index contributed by atoms with van der Waals surface area (Å²) in [6.45, 7) is 1.12. The first kappa shape index (κ1) is 14.3. The highest BCUT2D eigenvalue weighted by atomic mass is 127. The van der Waals surface area contributed by atoms with Gasteiger partial charge >= 0.3 is 5.97 Å². The zero-order valence-electron chi connectivity index (χ0n) is 9.83. The number of benzene rings is 1. The van der Waals surface area contributed by atoms with Gasteiger partial charge in [0.25, 0.3) is 0 Å². The summed E-state index contributed by atoms with van der Waals surface area (Å²) in [5.74, 6) is -0.297. The van der Waals surface area contributed by atoms with Crippen LogP contribution in [0.15, 0.2) is 22.7 Å². The van der Waals surface area contributed by atoms with Gasteiger partial charge in [0, 0.05) is 14.6 Å². The molecule has 0 aliphatic carbocycles. The Balaban J connectivity index is 1.92. The van der Waals surface area contributed by atoms with Crippen LogP contribution in [-0.2, 0) is 9.47 Å². The normalized spacial score (nSPS) is 19.6. The molecule has 98 valence electrons. The summed E-state index contributed by atoms with van der Waals surface area (Å²) in [4.78, 5) is 11.9. The van der Waals surface area contributed by atoms with Crippen LogP contribution in [0.4, 0.5) is 0 Å². The fourth-order valence-corrected chi connectivity index (χ4v) is 2.74. The predicted molar refractivity (Wildman–Crippen MR) is 80.7 cm³/mol. The third-order valence-electron chi connectivity index (χ3n) is 2.82. The maximum atomic E-state index is 11.9. The second kappa shape index (κ2) is 6.86. The molecule has 3 nitrogen and oxygen atoms in total. The van der Waals surface area contributed by atoms with Crippen molar-refractivity contribution in [2.24, 2.45) is 0 Å². The van der Waals surface area contributed by atoms with E-state index in [9.17, 15) is 4.79 Å². The first-order chi connectivity index (χ1) is 8.66. The maximum Gasteiger partial charge on any atom is 0.339 e. The molecule has 0 spiro atoms. The van der Waals surface area contributed by atoms with Crippen molar-refractivity contribution >= 4 is 44.5 Å². The van der Waals surface area contributed by atoms with Crippen LogP contribution < -0.4 is 0 Å². The van der Waals surface area contributed by atoms with E-state index in [4.69, 9.17) is 9.47 Å². The predicted octanol–water partition coefficient (Wildman–Crippen LogP) is 3.78. The van der Waals surface area contributed by atoms with Gasteiger partial charge in [0.1, 0.15) is 6.61 Å². The zero-order chi connectivity index (χ0) is 13.0. The van der Waals surface area contributed by atoms with E-state index < -0.39 is 0 Å². The molecule has 0 aromatic heterocycles. The van der Waals surface area contributed by atoms with Crippen molar-refractivity contribution in [3.63, 3.8) is 0 Å². The lowest BCUT2D eigenvalue weighted by atomic mass is 10.1. The van der Waals surface area contributed by atoms with Gasteiger partial charge in [0.15, 0.2) is 0 Å². The van der Waals surface area contributed by atoms with Gasteiger partial charge in [-0.3, -0.25) is 0 Å². The largest absolute Gasteiger partial charge is 0.459 e. The van der Waals surface area contributed by atoms with Gasteiger partial charge in [-0.25, -0.2) is 4.79 Å². The topological polar surface area (TPSA) is 35.5 Å². The van der Waals surface area contributed by atoms with Crippen LogP contribution in [0.25, 0.3) is 0 Å². The lowest BCUT2D eigenvalue weighted by Gasteiger charge is -2.22. The summed E-state index contributed by atoms with van der Waals surface area (Å²) in [5, 5.41) is 0. The van der Waals surface area contributed by atoms with Crippen LogP contribution >= 0.6 is 38.5 Å². The lowest BCUT2D eigenvalue weighted by molar-refractivity contribution is -0.0300. The van der Waals surface area contributed by atoms with Gasteiger partial charge < -0.3 is 9.47 Å². The van der Waals surface area contributed by atoms with E-state index in [1.807, 2.05) is 18.2 Å². The van der Waals surface area contributed by atoms with Crippen LogP contribution in [-0.4, -0.2) is 25.3 Å². The second-order valence-corrected chi connectivity index (χ2v) is 6.31. The first-order valence-corrected chi connectivity index (χ1v) is 7.78. The number of carbonyl (C=O) groups is 1. The molecule has 1 saturated heterocycles. The Morgan fingerprint density at radius 1 is 1.50 bits per heavy atom. The van der Waals surface area contributed by atoms with Crippen molar-refractivity contribution in [3.05, 3.63) is 31.8 Å². The lowest BCUT2D eigenvalue weighted by Crippen LogP contribution is -2.26. The Labute approximate surface area is 128 Å². The van der Waals surface area contributed by atoms with Gasteiger partial charge in [0.2, 0.25) is 0 Å². The Bertz CT molecular complexity index is 430. The Morgan fingerprint density at radius 3 is 3.06 bits per heavy atom. The number of carbonyl (C=O) groups excluding carboxylic acids is 1. The number of halogens is 2. The van der Waals surface area contributed by atoms with Crippen molar-refractivity contribution in [2.75, 3.05) is 13.2 Å². The molecule has 0 amide bonds. The molecule has 1 atom stereocenters. The van der Waals surface area contributed by atoms with E-state index in [0.29, 0.717) is 12.2 Å². The van der Waals surface area contributed by atoms with E-state index in [2.05, 4.69) is 38.5 Å². The molecule has 1 aromatic rings. The third-order valence-corrected chi connectivity index (χ3v) is 4.19. The molecular formula is C13H14BrIO3. The minimum atomic E-state index is -0.297. The molecule has 1 fully saturated rings. The van der Waals surface area contributed by atoms with Gasteiger partial charge in [-0.2, -0.15) is 0 Å². The quantitative estimate of drug-likeness (QED) is 0.547. The molecule has 1 aromatic carbocycles. The zero-order valence-corrected chi connectivity index (χ0v) is 13.6. The first-order valence-electron chi connectivity index (χ1n) is 5.90. The summed E-state index contributed by atoms with van der Waals surface area (Å²) in [6.07, 6.45) is 3.28. The molecule has 0 saturated carbocycles. The summed E-state index contributed by atoms with van der Waals surface area (Å²) in [6, 6.07) is 5.61. The highest BCUT2D eigenvalue weighted by Gasteiger charge is 2.18. The smallest absolute Gasteiger partial charge is 0.339 e. The van der Waals surface area contributed by atoms with E-state index in [-0.39, 0.29) is 12.1 Å². The van der Waals surface area contributed by atoms with E-state index >= 15 is 0 Å². The van der Waals surface area contributed by atoms with E-state index in [1.165, 1.54) is 0 Å². The van der Waals surface area contributed by atoms with Crippen LogP contribution in [0.5, 0.6) is 0 Å². The highest BCUT2D eigenvalue weighted by Crippen LogP contribution is 2.21. The van der Waals surface area contributed by atoms with Crippen LogP contribution in [0.3, 0.4) is 0 Å². The van der Waals surface area contributed by atoms with Crippen molar-refractivity contribution in [1.29, 1.82) is 0 Å². The SMILES string of the molecule is O=C(OCC1CCCCO1)c1cc(I)ccc1Br. The molecule has 0 radical (unpaired) electrons. The molecule has 18 heavy (non-hydrogen) atoms. The van der Waals surface area contributed by atoms with Crippen molar-refractivity contribution in [1.82, 2.24) is 0 Å². The fourth-order valence-electron chi connectivity index (χ4n) is 1.84. The standard InChI is InChI=1S/C13H14BrIO3/c14-12-5-4-9(15)7-11(12)13(16)18-8-10-3-1-2-6-17-10/h4-5,7,10H,1-3,6,8H2. The number of ether oxygens (including phenoxy) is 2. The van der Waals surface area contributed by atoms with Crippen LogP contribution in [0, 0.1) is 3.57 Å². The van der Waals surface area contributed by atoms with Crippen molar-refractivity contribution in [2.45, 2.75) is 25.4 Å². The van der Waals surface area contributed by atoms with Gasteiger partial charge in [-0.15, -0.1) is 0 Å². The van der Waals surface area contributed by atoms with Crippen molar-refractivity contribution < 1.29 is 14.3 Å². The molecule has 0 bridgehead atoms. The number of hydrogen-bond acceptors (Lipinski definition) is 3. The number of rotatable bonds is 3. The molecule has 0 N–H and O–H groups in total. The van der Waals surface area contributed by atoms with Gasteiger partial charge in [0.05, 0.1) is 11.7 Å². The fraction of sp³-hybridized carbons (Fsp3) is 0.462. The minimum absolute atomic E-state index is 0.0595. The summed E-state index contributed by atoms with van der Waals surface area (Å²) in [5.41, 5.74) is 0.567. The average molecular weight is 425 g/mol.